The molecule has 2 rings (SSSR count). The summed E-state index contributed by atoms with van der Waals surface area (Å²) in [5.74, 6) is -0.698. The van der Waals surface area contributed by atoms with Crippen LogP contribution in [0.2, 0.25) is 0 Å². The lowest BCUT2D eigenvalue weighted by molar-refractivity contribution is -0.129. The van der Waals surface area contributed by atoms with E-state index in [9.17, 15) is 14.4 Å². The number of nitrogens with one attached hydrogen (secondary N) is 2. The number of amides is 4. The molecule has 0 bridgehead atoms. The molecule has 1 heterocycles. The van der Waals surface area contributed by atoms with Gasteiger partial charge in [-0.2, -0.15) is 0 Å². The first-order valence-electron chi connectivity index (χ1n) is 5.23. The lowest BCUT2D eigenvalue weighted by Crippen LogP contribution is -2.46. The fraction of sp³-hybridized carbons (Fsp3) is 0.500. The Hall–Kier alpha value is -1.85. The fourth-order valence-corrected chi connectivity index (χ4v) is 1.79. The maximum absolute atomic E-state index is 11.7. The lowest BCUT2D eigenvalue weighted by Gasteiger charge is -2.21. The van der Waals surface area contributed by atoms with E-state index in [1.807, 2.05) is 12.2 Å². The molecule has 86 valence electrons. The number of allylic oxidation sites excluding steroid dienone is 2. The molecule has 4 amide bonds. The van der Waals surface area contributed by atoms with Gasteiger partial charge in [-0.05, 0) is 19.3 Å². The number of hydrogen-bond donors (Lipinski definition) is 2. The molecule has 2 N–H and O–H groups in total. The second-order valence-corrected chi connectivity index (χ2v) is 3.90. The summed E-state index contributed by atoms with van der Waals surface area (Å²) in [6.45, 7) is -0.104. The molecule has 6 nitrogen and oxygen atoms in total. The SMILES string of the molecule is O=C1CN(NC(=O)C2CC=CCC2)C(=O)N1. The zero-order valence-corrected chi connectivity index (χ0v) is 8.73. The first-order chi connectivity index (χ1) is 7.66. The van der Waals surface area contributed by atoms with Crippen LogP contribution in [-0.4, -0.2) is 29.4 Å². The molecule has 2 aliphatic rings. The third-order valence-electron chi connectivity index (χ3n) is 2.68. The first kappa shape index (κ1) is 10.7. The third-order valence-corrected chi connectivity index (χ3v) is 2.68. The Kier molecular flexibility index (Phi) is 2.89. The summed E-state index contributed by atoms with van der Waals surface area (Å²) in [6, 6.07) is -0.565. The molecule has 1 aliphatic carbocycles. The van der Waals surface area contributed by atoms with Crippen LogP contribution in [0.15, 0.2) is 12.2 Å². The highest BCUT2D eigenvalue weighted by atomic mass is 16.2. The van der Waals surface area contributed by atoms with Crippen molar-refractivity contribution >= 4 is 17.8 Å². The van der Waals surface area contributed by atoms with Crippen molar-refractivity contribution in [1.82, 2.24) is 15.8 Å². The highest BCUT2D eigenvalue weighted by molar-refractivity contribution is 6.02. The van der Waals surface area contributed by atoms with Crippen LogP contribution < -0.4 is 10.7 Å². The predicted octanol–water partition coefficient (Wildman–Crippen LogP) is -0.0743. The van der Waals surface area contributed by atoms with E-state index in [1.165, 1.54) is 0 Å². The highest BCUT2D eigenvalue weighted by Gasteiger charge is 2.30. The Morgan fingerprint density at radius 3 is 2.81 bits per heavy atom. The van der Waals surface area contributed by atoms with Crippen LogP contribution in [0.4, 0.5) is 4.79 Å². The number of hydrogen-bond acceptors (Lipinski definition) is 3. The van der Waals surface area contributed by atoms with Gasteiger partial charge >= 0.3 is 6.03 Å². The van der Waals surface area contributed by atoms with Gasteiger partial charge in [0.2, 0.25) is 11.8 Å². The van der Waals surface area contributed by atoms with Crippen molar-refractivity contribution in [3.63, 3.8) is 0 Å². The summed E-state index contributed by atoms with van der Waals surface area (Å²) in [5, 5.41) is 3.11. The molecule has 1 saturated heterocycles. The molecule has 1 unspecified atom stereocenters. The maximum Gasteiger partial charge on any atom is 0.343 e. The van der Waals surface area contributed by atoms with E-state index in [0.29, 0.717) is 6.42 Å². The molecule has 0 radical (unpaired) electrons. The van der Waals surface area contributed by atoms with E-state index < -0.39 is 11.9 Å². The normalized spacial score (nSPS) is 24.5. The Morgan fingerprint density at radius 1 is 1.44 bits per heavy atom. The lowest BCUT2D eigenvalue weighted by atomic mass is 9.94. The first-order valence-corrected chi connectivity index (χ1v) is 5.23. The van der Waals surface area contributed by atoms with Crippen molar-refractivity contribution < 1.29 is 14.4 Å². The van der Waals surface area contributed by atoms with Gasteiger partial charge < -0.3 is 0 Å². The van der Waals surface area contributed by atoms with Gasteiger partial charge in [0, 0.05) is 5.92 Å². The Balaban J connectivity index is 1.89. The Bertz CT molecular complexity index is 364. The molecule has 1 atom stereocenters. The minimum Gasteiger partial charge on any atom is -0.275 e. The Labute approximate surface area is 92.6 Å². The average Bonchev–Trinajstić information content (AvgIpc) is 2.59. The van der Waals surface area contributed by atoms with E-state index in [2.05, 4.69) is 10.7 Å². The summed E-state index contributed by atoms with van der Waals surface area (Å²) in [4.78, 5) is 33.8. The summed E-state index contributed by atoms with van der Waals surface area (Å²) in [7, 11) is 0. The summed E-state index contributed by atoms with van der Waals surface area (Å²) < 4.78 is 0. The largest absolute Gasteiger partial charge is 0.343 e. The molecule has 0 saturated carbocycles. The van der Waals surface area contributed by atoms with E-state index >= 15 is 0 Å². The van der Waals surface area contributed by atoms with Crippen LogP contribution in [-0.2, 0) is 9.59 Å². The molecular weight excluding hydrogens is 210 g/mol. The number of carbonyl (C=O) groups is 3. The molecule has 6 heteroatoms. The number of rotatable bonds is 2. The van der Waals surface area contributed by atoms with Gasteiger partial charge in [-0.25, -0.2) is 9.80 Å². The molecule has 0 aromatic carbocycles. The van der Waals surface area contributed by atoms with Gasteiger partial charge in [0.1, 0.15) is 6.54 Å². The number of imide groups is 1. The Morgan fingerprint density at radius 2 is 2.25 bits per heavy atom. The predicted molar refractivity (Wildman–Crippen MR) is 54.9 cm³/mol. The van der Waals surface area contributed by atoms with Gasteiger partial charge in [-0.15, -0.1) is 0 Å². The van der Waals surface area contributed by atoms with Crippen molar-refractivity contribution in [2.45, 2.75) is 19.3 Å². The molecule has 0 aromatic rings. The van der Waals surface area contributed by atoms with Gasteiger partial charge in [0.05, 0.1) is 0 Å². The summed E-state index contributed by atoms with van der Waals surface area (Å²) in [5.41, 5.74) is 2.46. The van der Waals surface area contributed by atoms with Crippen LogP contribution in [0, 0.1) is 5.92 Å². The van der Waals surface area contributed by atoms with E-state index in [4.69, 9.17) is 0 Å². The summed E-state index contributed by atoms with van der Waals surface area (Å²) >= 11 is 0. The number of nitrogens with zero attached hydrogens (tertiary/aromatic N) is 1. The van der Waals surface area contributed by atoms with Gasteiger partial charge in [-0.1, -0.05) is 12.2 Å². The van der Waals surface area contributed by atoms with Crippen molar-refractivity contribution in [3.8, 4) is 0 Å². The van der Waals surface area contributed by atoms with E-state index in [1.54, 1.807) is 0 Å². The van der Waals surface area contributed by atoms with Crippen molar-refractivity contribution in [1.29, 1.82) is 0 Å². The zero-order chi connectivity index (χ0) is 11.5. The fourth-order valence-electron chi connectivity index (χ4n) is 1.79. The second-order valence-electron chi connectivity index (χ2n) is 3.90. The van der Waals surface area contributed by atoms with E-state index in [0.717, 1.165) is 17.9 Å². The average molecular weight is 223 g/mol. The topological polar surface area (TPSA) is 78.5 Å². The van der Waals surface area contributed by atoms with Crippen LogP contribution in [0.25, 0.3) is 0 Å². The second kappa shape index (κ2) is 4.34. The van der Waals surface area contributed by atoms with Gasteiger partial charge in [0.25, 0.3) is 0 Å². The zero-order valence-electron chi connectivity index (χ0n) is 8.73. The standard InChI is InChI=1S/C10H13N3O3/c14-8-6-13(10(16)11-8)12-9(15)7-4-2-1-3-5-7/h1-2,7H,3-6H2,(H,12,15)(H,11,14,16). The van der Waals surface area contributed by atoms with Crippen LogP contribution in [0.3, 0.4) is 0 Å². The molecule has 16 heavy (non-hydrogen) atoms. The van der Waals surface area contributed by atoms with Crippen molar-refractivity contribution in [3.05, 3.63) is 12.2 Å². The van der Waals surface area contributed by atoms with Crippen LogP contribution in [0.5, 0.6) is 0 Å². The summed E-state index contributed by atoms with van der Waals surface area (Å²) in [6.07, 6.45) is 6.35. The molecule has 0 aromatic heterocycles. The molecule has 0 spiro atoms. The smallest absolute Gasteiger partial charge is 0.275 e. The van der Waals surface area contributed by atoms with Gasteiger partial charge in [-0.3, -0.25) is 20.3 Å². The molecule has 1 aliphatic heterocycles. The monoisotopic (exact) mass is 223 g/mol. The van der Waals surface area contributed by atoms with Crippen molar-refractivity contribution in [2.24, 2.45) is 5.92 Å². The quantitative estimate of drug-likeness (QED) is 0.508. The number of hydrazine groups is 1. The van der Waals surface area contributed by atoms with Gasteiger partial charge in [0.15, 0.2) is 0 Å². The molecular formula is C10H13N3O3. The molecule has 1 fully saturated rings. The van der Waals surface area contributed by atoms with Crippen LogP contribution >= 0.6 is 0 Å². The highest BCUT2D eigenvalue weighted by Crippen LogP contribution is 2.18. The van der Waals surface area contributed by atoms with E-state index in [-0.39, 0.29) is 18.4 Å². The van der Waals surface area contributed by atoms with Crippen molar-refractivity contribution in [2.75, 3.05) is 6.54 Å². The minimum atomic E-state index is -0.565. The minimum absolute atomic E-state index is 0.103. The van der Waals surface area contributed by atoms with Crippen LogP contribution in [0.1, 0.15) is 19.3 Å². The number of carbonyl (C=O) groups excluding carboxylic acids is 3. The third kappa shape index (κ3) is 2.21. The number of urea groups is 1. The maximum atomic E-state index is 11.7.